The molecular formula is C21H28ClN5O5. The van der Waals surface area contributed by atoms with E-state index in [0.717, 1.165) is 10.4 Å². The van der Waals surface area contributed by atoms with Crippen LogP contribution in [0.3, 0.4) is 0 Å². The van der Waals surface area contributed by atoms with E-state index in [2.05, 4.69) is 15.7 Å². The molecule has 1 aromatic heterocycles. The monoisotopic (exact) mass is 465 g/mol. The molecule has 0 unspecified atom stereocenters. The first-order chi connectivity index (χ1) is 15.2. The van der Waals surface area contributed by atoms with Crippen LogP contribution < -0.4 is 21.2 Å². The number of rotatable bonds is 10. The minimum Gasteiger partial charge on any atom is -0.496 e. The molecule has 10 nitrogen and oxygen atoms in total. The number of methoxy groups -OCH3 is 1. The Kier molecular flexibility index (Phi) is 8.89. The number of amides is 4. The lowest BCUT2D eigenvalue weighted by Crippen LogP contribution is -2.55. The molecule has 0 spiro atoms. The lowest BCUT2D eigenvalue weighted by molar-refractivity contribution is -0.141. The number of alkyl halides is 1. The number of carbonyl (C=O) groups is 4. The van der Waals surface area contributed by atoms with Crippen molar-refractivity contribution in [2.75, 3.05) is 19.5 Å². The summed E-state index contributed by atoms with van der Waals surface area (Å²) in [6.07, 6.45) is 0.168. The van der Waals surface area contributed by atoms with Gasteiger partial charge in [0.2, 0.25) is 5.91 Å². The normalized spacial score (nSPS) is 11.8. The van der Waals surface area contributed by atoms with Crippen molar-refractivity contribution in [1.29, 1.82) is 0 Å². The average molecular weight is 466 g/mol. The SMILES string of the molecule is COc1cccc2[nH]c(C(=O)N[C@@H](CC(C)C)C(=O)NN(CCC(N)=O)C(=O)CCl)cc12. The molecule has 2 aromatic rings. The third-order valence-corrected chi connectivity index (χ3v) is 4.89. The molecule has 0 aliphatic carbocycles. The number of aromatic nitrogens is 1. The molecule has 5 N–H and O–H groups in total. The number of aromatic amines is 1. The summed E-state index contributed by atoms with van der Waals surface area (Å²) in [5, 5.41) is 4.37. The van der Waals surface area contributed by atoms with Crippen LogP contribution in [-0.4, -0.2) is 59.2 Å². The molecule has 0 saturated heterocycles. The number of hydrazine groups is 1. The van der Waals surface area contributed by atoms with Crippen LogP contribution in [0.4, 0.5) is 0 Å². The first-order valence-electron chi connectivity index (χ1n) is 10.1. The Morgan fingerprint density at radius 3 is 2.56 bits per heavy atom. The molecule has 1 heterocycles. The summed E-state index contributed by atoms with van der Waals surface area (Å²) in [6.45, 7) is 3.67. The topological polar surface area (TPSA) is 147 Å². The summed E-state index contributed by atoms with van der Waals surface area (Å²) in [7, 11) is 1.54. The molecule has 0 saturated carbocycles. The first-order valence-corrected chi connectivity index (χ1v) is 10.6. The van der Waals surface area contributed by atoms with Crippen LogP contribution in [0.15, 0.2) is 24.3 Å². The van der Waals surface area contributed by atoms with Crippen LogP contribution in [-0.2, 0) is 14.4 Å². The molecule has 0 aliphatic rings. The Balaban J connectivity index is 2.19. The van der Waals surface area contributed by atoms with Crippen molar-refractivity contribution >= 4 is 46.1 Å². The number of benzene rings is 1. The van der Waals surface area contributed by atoms with Gasteiger partial charge < -0.3 is 20.8 Å². The van der Waals surface area contributed by atoms with Crippen LogP contribution in [0.5, 0.6) is 5.75 Å². The number of halogens is 1. The zero-order chi connectivity index (χ0) is 23.8. The van der Waals surface area contributed by atoms with Gasteiger partial charge in [-0.25, -0.2) is 0 Å². The van der Waals surface area contributed by atoms with E-state index in [1.54, 1.807) is 24.3 Å². The number of primary amides is 1. The summed E-state index contributed by atoms with van der Waals surface area (Å²) in [6, 6.07) is 6.09. The minimum absolute atomic E-state index is 0.0663. The third kappa shape index (κ3) is 6.61. The molecule has 174 valence electrons. The summed E-state index contributed by atoms with van der Waals surface area (Å²) in [5.74, 6) is -2.04. The second-order valence-electron chi connectivity index (χ2n) is 7.63. The van der Waals surface area contributed by atoms with Crippen LogP contribution in [0.2, 0.25) is 0 Å². The lowest BCUT2D eigenvalue weighted by Gasteiger charge is -2.26. The number of fused-ring (bicyclic) bond motifs is 1. The maximum Gasteiger partial charge on any atom is 0.268 e. The predicted molar refractivity (Wildman–Crippen MR) is 120 cm³/mol. The van der Waals surface area contributed by atoms with E-state index in [1.165, 1.54) is 7.11 Å². The van der Waals surface area contributed by atoms with Gasteiger partial charge in [0.15, 0.2) is 0 Å². The molecule has 1 aromatic carbocycles. The van der Waals surface area contributed by atoms with Crippen molar-refractivity contribution in [3.8, 4) is 5.75 Å². The summed E-state index contributed by atoms with van der Waals surface area (Å²) in [4.78, 5) is 51.9. The molecular weight excluding hydrogens is 438 g/mol. The van der Waals surface area contributed by atoms with Crippen LogP contribution >= 0.6 is 11.6 Å². The number of hydrogen-bond donors (Lipinski definition) is 4. The van der Waals surface area contributed by atoms with Gasteiger partial charge in [-0.1, -0.05) is 19.9 Å². The van der Waals surface area contributed by atoms with Crippen LogP contribution in [0, 0.1) is 5.92 Å². The van der Waals surface area contributed by atoms with Gasteiger partial charge in [0, 0.05) is 17.3 Å². The molecule has 0 radical (unpaired) electrons. The van der Waals surface area contributed by atoms with E-state index in [-0.39, 0.29) is 24.6 Å². The average Bonchev–Trinajstić information content (AvgIpc) is 3.19. The van der Waals surface area contributed by atoms with Crippen molar-refractivity contribution in [3.63, 3.8) is 0 Å². The number of hydrogen-bond acceptors (Lipinski definition) is 5. The minimum atomic E-state index is -0.935. The van der Waals surface area contributed by atoms with E-state index in [4.69, 9.17) is 22.1 Å². The largest absolute Gasteiger partial charge is 0.496 e. The van der Waals surface area contributed by atoms with Crippen molar-refractivity contribution in [1.82, 2.24) is 20.7 Å². The predicted octanol–water partition coefficient (Wildman–Crippen LogP) is 1.30. The summed E-state index contributed by atoms with van der Waals surface area (Å²) in [5.41, 5.74) is 8.54. The zero-order valence-electron chi connectivity index (χ0n) is 18.2. The number of nitrogens with two attached hydrogens (primary N) is 1. The smallest absolute Gasteiger partial charge is 0.268 e. The van der Waals surface area contributed by atoms with E-state index in [0.29, 0.717) is 17.7 Å². The van der Waals surface area contributed by atoms with Gasteiger partial charge in [0.1, 0.15) is 23.4 Å². The lowest BCUT2D eigenvalue weighted by atomic mass is 10.0. The van der Waals surface area contributed by atoms with Gasteiger partial charge in [-0.05, 0) is 30.5 Å². The number of carbonyl (C=O) groups excluding carboxylic acids is 4. The second-order valence-corrected chi connectivity index (χ2v) is 7.90. The summed E-state index contributed by atoms with van der Waals surface area (Å²) >= 11 is 5.59. The Morgan fingerprint density at radius 1 is 1.25 bits per heavy atom. The maximum atomic E-state index is 12.9. The fraction of sp³-hybridized carbons (Fsp3) is 0.429. The van der Waals surface area contributed by atoms with Crippen molar-refractivity contribution < 1.29 is 23.9 Å². The highest BCUT2D eigenvalue weighted by atomic mass is 35.5. The highest BCUT2D eigenvalue weighted by Gasteiger charge is 2.26. The summed E-state index contributed by atoms with van der Waals surface area (Å²) < 4.78 is 5.31. The van der Waals surface area contributed by atoms with Gasteiger partial charge in [0.25, 0.3) is 17.7 Å². The van der Waals surface area contributed by atoms with Crippen molar-refractivity contribution in [2.24, 2.45) is 11.7 Å². The molecule has 1 atom stereocenters. The van der Waals surface area contributed by atoms with Crippen LogP contribution in [0.1, 0.15) is 37.2 Å². The van der Waals surface area contributed by atoms with Gasteiger partial charge in [-0.15, -0.1) is 11.6 Å². The fourth-order valence-corrected chi connectivity index (χ4v) is 3.26. The maximum absolute atomic E-state index is 12.9. The second kappa shape index (κ2) is 11.4. The Labute approximate surface area is 190 Å². The molecule has 32 heavy (non-hydrogen) atoms. The number of H-pyrrole nitrogens is 1. The van der Waals surface area contributed by atoms with Crippen molar-refractivity contribution in [3.05, 3.63) is 30.0 Å². The molecule has 2 rings (SSSR count). The zero-order valence-corrected chi connectivity index (χ0v) is 19.0. The van der Waals surface area contributed by atoms with Gasteiger partial charge in [0.05, 0.1) is 13.7 Å². The standard InChI is InChI=1S/C21H28ClN5O5/c1-12(2)9-15(21(31)26-27(19(29)11-22)8-7-18(23)28)25-20(30)16-10-13-14(24-16)5-4-6-17(13)32-3/h4-6,10,12,15,24H,7-9,11H2,1-3H3,(H2,23,28)(H,25,30)(H,26,31)/t15-/m0/s1. The van der Waals surface area contributed by atoms with E-state index in [1.807, 2.05) is 13.8 Å². The molecule has 0 aliphatic heterocycles. The Morgan fingerprint density at radius 2 is 1.97 bits per heavy atom. The van der Waals surface area contributed by atoms with E-state index >= 15 is 0 Å². The fourth-order valence-electron chi connectivity index (χ4n) is 3.11. The molecule has 0 fully saturated rings. The van der Waals surface area contributed by atoms with Gasteiger partial charge >= 0.3 is 0 Å². The molecule has 0 bridgehead atoms. The highest BCUT2D eigenvalue weighted by molar-refractivity contribution is 6.27. The molecule has 4 amide bonds. The van der Waals surface area contributed by atoms with E-state index in [9.17, 15) is 19.2 Å². The van der Waals surface area contributed by atoms with Crippen LogP contribution in [0.25, 0.3) is 10.9 Å². The van der Waals surface area contributed by atoms with E-state index < -0.39 is 35.6 Å². The number of nitrogens with one attached hydrogen (secondary N) is 3. The number of ether oxygens (including phenoxy) is 1. The third-order valence-electron chi connectivity index (χ3n) is 4.66. The van der Waals surface area contributed by atoms with Crippen molar-refractivity contribution in [2.45, 2.75) is 32.7 Å². The van der Waals surface area contributed by atoms with Gasteiger partial charge in [-0.2, -0.15) is 0 Å². The number of nitrogens with zero attached hydrogens (tertiary/aromatic N) is 1. The Bertz CT molecular complexity index is 990. The Hall–Kier alpha value is -3.27. The highest BCUT2D eigenvalue weighted by Crippen LogP contribution is 2.26. The molecule has 11 heteroatoms. The quantitative estimate of drug-likeness (QED) is 0.308. The van der Waals surface area contributed by atoms with Gasteiger partial charge in [-0.3, -0.25) is 29.6 Å². The first kappa shape index (κ1) is 25.0.